The number of aryl methyl sites for hydroxylation is 2. The molecule has 0 heterocycles. The fourth-order valence-corrected chi connectivity index (χ4v) is 2.35. The number of esters is 1. The molecule has 0 saturated carbocycles. The van der Waals surface area contributed by atoms with Crippen molar-refractivity contribution in [2.24, 2.45) is 5.41 Å². The fraction of sp³-hybridized carbons (Fsp3) is 0.562. The normalized spacial score (nSPS) is 11.5. The smallest absolute Gasteiger partial charge is 0.311 e. The van der Waals surface area contributed by atoms with E-state index in [1.165, 1.54) is 34.9 Å². The number of methoxy groups -OCH3 is 1. The van der Waals surface area contributed by atoms with Crippen LogP contribution in [0.25, 0.3) is 0 Å². The average Bonchev–Trinajstić information content (AvgIpc) is 2.31. The molecule has 100 valence electrons. The summed E-state index contributed by atoms with van der Waals surface area (Å²) in [6.07, 6.45) is 0.722. The maximum absolute atomic E-state index is 11.8. The molecule has 0 aromatic heterocycles. The van der Waals surface area contributed by atoms with Crippen LogP contribution < -0.4 is 0 Å². The van der Waals surface area contributed by atoms with Gasteiger partial charge in [0.1, 0.15) is 0 Å². The minimum atomic E-state index is -0.482. The Morgan fingerprint density at radius 1 is 1.11 bits per heavy atom. The molecule has 0 fully saturated rings. The molecule has 1 rings (SSSR count). The molecule has 1 aromatic rings. The molecule has 0 amide bonds. The lowest BCUT2D eigenvalue weighted by atomic mass is 9.81. The van der Waals surface area contributed by atoms with E-state index < -0.39 is 5.41 Å². The van der Waals surface area contributed by atoms with Gasteiger partial charge in [0.05, 0.1) is 12.5 Å². The van der Waals surface area contributed by atoms with Crippen LogP contribution in [-0.4, -0.2) is 13.1 Å². The summed E-state index contributed by atoms with van der Waals surface area (Å²) in [5, 5.41) is 0. The van der Waals surface area contributed by atoms with E-state index in [0.717, 1.165) is 6.42 Å². The zero-order valence-corrected chi connectivity index (χ0v) is 12.6. The van der Waals surface area contributed by atoms with E-state index in [0.29, 0.717) is 0 Å². The summed E-state index contributed by atoms with van der Waals surface area (Å²) in [5.41, 5.74) is 5.94. The van der Waals surface area contributed by atoms with Gasteiger partial charge in [-0.15, -0.1) is 0 Å². The van der Waals surface area contributed by atoms with Crippen molar-refractivity contribution in [3.05, 3.63) is 33.9 Å². The van der Waals surface area contributed by atoms with Crippen molar-refractivity contribution < 1.29 is 9.53 Å². The van der Waals surface area contributed by atoms with Crippen molar-refractivity contribution in [2.45, 2.75) is 48.0 Å². The van der Waals surface area contributed by atoms with Gasteiger partial charge in [0.25, 0.3) is 0 Å². The lowest BCUT2D eigenvalue weighted by Gasteiger charge is -2.25. The second-order valence-electron chi connectivity index (χ2n) is 5.79. The van der Waals surface area contributed by atoms with Crippen LogP contribution in [0, 0.1) is 33.1 Å². The van der Waals surface area contributed by atoms with Gasteiger partial charge in [0.15, 0.2) is 0 Å². The van der Waals surface area contributed by atoms with Crippen molar-refractivity contribution in [3.8, 4) is 0 Å². The van der Waals surface area contributed by atoms with Gasteiger partial charge >= 0.3 is 5.97 Å². The van der Waals surface area contributed by atoms with Gasteiger partial charge < -0.3 is 4.74 Å². The standard InChI is InChI=1S/C16H24O2/c1-10-8-11(2)13(4)14(12(10)3)9-16(5,6)15(17)18-7/h8H,9H2,1-7H3. The monoisotopic (exact) mass is 248 g/mol. The highest BCUT2D eigenvalue weighted by atomic mass is 16.5. The Morgan fingerprint density at radius 3 is 1.94 bits per heavy atom. The first-order valence-corrected chi connectivity index (χ1v) is 6.35. The molecule has 0 bridgehead atoms. The predicted octanol–water partition coefficient (Wildman–Crippen LogP) is 3.66. The van der Waals surface area contributed by atoms with Crippen molar-refractivity contribution in [2.75, 3.05) is 7.11 Å². The van der Waals surface area contributed by atoms with E-state index in [1.807, 2.05) is 13.8 Å². The summed E-state index contributed by atoms with van der Waals surface area (Å²) < 4.78 is 4.89. The Balaban J connectivity index is 3.23. The van der Waals surface area contributed by atoms with Crippen LogP contribution in [0.1, 0.15) is 41.7 Å². The minimum Gasteiger partial charge on any atom is -0.469 e. The third-order valence-electron chi connectivity index (χ3n) is 3.88. The molecule has 0 aliphatic rings. The maximum atomic E-state index is 11.8. The van der Waals surface area contributed by atoms with E-state index in [2.05, 4.69) is 33.8 Å². The molecule has 0 saturated heterocycles. The van der Waals surface area contributed by atoms with E-state index in [1.54, 1.807) is 0 Å². The molecule has 0 unspecified atom stereocenters. The zero-order chi connectivity index (χ0) is 14.1. The molecule has 0 atom stereocenters. The number of hydrogen-bond acceptors (Lipinski definition) is 2. The number of carbonyl (C=O) groups is 1. The van der Waals surface area contributed by atoms with Gasteiger partial charge in [-0.3, -0.25) is 4.79 Å². The lowest BCUT2D eigenvalue weighted by Crippen LogP contribution is -2.28. The third kappa shape index (κ3) is 2.74. The summed E-state index contributed by atoms with van der Waals surface area (Å²) >= 11 is 0. The number of carbonyl (C=O) groups excluding carboxylic acids is 1. The predicted molar refractivity (Wildman–Crippen MR) is 74.9 cm³/mol. The molecule has 18 heavy (non-hydrogen) atoms. The number of rotatable bonds is 3. The third-order valence-corrected chi connectivity index (χ3v) is 3.88. The van der Waals surface area contributed by atoms with Gasteiger partial charge in [-0.1, -0.05) is 6.07 Å². The fourth-order valence-electron chi connectivity index (χ4n) is 2.35. The van der Waals surface area contributed by atoms with Gasteiger partial charge in [-0.25, -0.2) is 0 Å². The Hall–Kier alpha value is -1.31. The number of benzene rings is 1. The molecule has 0 radical (unpaired) electrons. The van der Waals surface area contributed by atoms with Crippen LogP contribution >= 0.6 is 0 Å². The maximum Gasteiger partial charge on any atom is 0.311 e. The highest BCUT2D eigenvalue weighted by Gasteiger charge is 2.30. The van der Waals surface area contributed by atoms with Crippen molar-refractivity contribution >= 4 is 5.97 Å². The highest BCUT2D eigenvalue weighted by Crippen LogP contribution is 2.30. The summed E-state index contributed by atoms with van der Waals surface area (Å²) in [6.45, 7) is 12.4. The Morgan fingerprint density at radius 2 is 1.56 bits per heavy atom. The molecule has 2 nitrogen and oxygen atoms in total. The second-order valence-corrected chi connectivity index (χ2v) is 5.79. The first-order chi connectivity index (χ1) is 8.20. The summed E-state index contributed by atoms with van der Waals surface area (Å²) in [5.74, 6) is -0.152. The molecule has 1 aromatic carbocycles. The van der Waals surface area contributed by atoms with Gasteiger partial charge in [0, 0.05) is 0 Å². The van der Waals surface area contributed by atoms with E-state index in [9.17, 15) is 4.79 Å². The van der Waals surface area contributed by atoms with Gasteiger partial charge in [-0.2, -0.15) is 0 Å². The molecular weight excluding hydrogens is 224 g/mol. The van der Waals surface area contributed by atoms with Crippen molar-refractivity contribution in [1.82, 2.24) is 0 Å². The van der Waals surface area contributed by atoms with Gasteiger partial charge in [-0.05, 0) is 75.8 Å². The van der Waals surface area contributed by atoms with Crippen LogP contribution in [0.3, 0.4) is 0 Å². The topological polar surface area (TPSA) is 26.3 Å². The quantitative estimate of drug-likeness (QED) is 0.763. The Kier molecular flexibility index (Phi) is 4.20. The first kappa shape index (κ1) is 14.7. The summed E-state index contributed by atoms with van der Waals surface area (Å²) in [6, 6.07) is 2.21. The SMILES string of the molecule is COC(=O)C(C)(C)Cc1c(C)c(C)cc(C)c1C. The first-order valence-electron chi connectivity index (χ1n) is 6.35. The zero-order valence-electron chi connectivity index (χ0n) is 12.6. The number of ether oxygens (including phenoxy) is 1. The molecule has 2 heteroatoms. The molecule has 0 N–H and O–H groups in total. The van der Waals surface area contributed by atoms with Crippen molar-refractivity contribution in [3.63, 3.8) is 0 Å². The largest absolute Gasteiger partial charge is 0.469 e. The number of hydrogen-bond donors (Lipinski definition) is 0. The highest BCUT2D eigenvalue weighted by molar-refractivity contribution is 5.76. The summed E-state index contributed by atoms with van der Waals surface area (Å²) in [4.78, 5) is 11.8. The average molecular weight is 248 g/mol. The molecule has 0 aliphatic carbocycles. The van der Waals surface area contributed by atoms with Crippen LogP contribution in [0.2, 0.25) is 0 Å². The van der Waals surface area contributed by atoms with Crippen LogP contribution in [0.5, 0.6) is 0 Å². The Bertz CT molecular complexity index is 444. The van der Waals surface area contributed by atoms with Crippen LogP contribution in [0.15, 0.2) is 6.07 Å². The van der Waals surface area contributed by atoms with E-state index in [4.69, 9.17) is 4.74 Å². The van der Waals surface area contributed by atoms with Crippen LogP contribution in [-0.2, 0) is 16.0 Å². The lowest BCUT2D eigenvalue weighted by molar-refractivity contribution is -0.150. The van der Waals surface area contributed by atoms with Gasteiger partial charge in [0.2, 0.25) is 0 Å². The van der Waals surface area contributed by atoms with E-state index >= 15 is 0 Å². The Labute approximate surface area is 110 Å². The van der Waals surface area contributed by atoms with Crippen molar-refractivity contribution in [1.29, 1.82) is 0 Å². The summed E-state index contributed by atoms with van der Waals surface area (Å²) in [7, 11) is 1.45. The second kappa shape index (κ2) is 5.13. The van der Waals surface area contributed by atoms with Crippen LogP contribution in [0.4, 0.5) is 0 Å². The minimum absolute atomic E-state index is 0.152. The van der Waals surface area contributed by atoms with E-state index in [-0.39, 0.29) is 5.97 Å². The molecule has 0 aliphatic heterocycles. The molecule has 0 spiro atoms. The molecular formula is C16H24O2.